The first-order valence-corrected chi connectivity index (χ1v) is 8.18. The number of nitrogens with two attached hydrogens (primary N) is 1. The van der Waals surface area contributed by atoms with E-state index in [2.05, 4.69) is 14.6 Å². The third kappa shape index (κ3) is 4.19. The van der Waals surface area contributed by atoms with Crippen LogP contribution in [0.2, 0.25) is 0 Å². The van der Waals surface area contributed by atoms with E-state index in [0.29, 0.717) is 25.4 Å². The SMILES string of the molecule is Cc1cccc(CN2CCOCC2)c1-n1oc(=O)ccc(=O)onc1N. The normalized spacial score (nSPS) is 14.8. The first-order valence-electron chi connectivity index (χ1n) is 8.18. The summed E-state index contributed by atoms with van der Waals surface area (Å²) in [5.74, 6) is -0.257. The van der Waals surface area contributed by atoms with Gasteiger partial charge in [0.2, 0.25) is 0 Å². The average molecular weight is 360 g/mol. The Morgan fingerprint density at radius 1 is 1.12 bits per heavy atom. The van der Waals surface area contributed by atoms with Gasteiger partial charge in [-0.15, -0.1) is 4.74 Å². The summed E-state index contributed by atoms with van der Waals surface area (Å²) in [6.07, 6.45) is 0. The van der Waals surface area contributed by atoms with Gasteiger partial charge in [-0.2, -0.15) is 0 Å². The second kappa shape index (κ2) is 7.98. The predicted octanol–water partition coefficient (Wildman–Crippen LogP) is 0.626. The Hall–Kier alpha value is -2.91. The zero-order valence-electron chi connectivity index (χ0n) is 14.4. The van der Waals surface area contributed by atoms with Crippen molar-refractivity contribution >= 4 is 5.95 Å². The molecule has 1 aliphatic rings. The number of benzene rings is 1. The van der Waals surface area contributed by atoms with Crippen LogP contribution in [0.25, 0.3) is 5.69 Å². The molecule has 9 nitrogen and oxygen atoms in total. The Balaban J connectivity index is 2.16. The van der Waals surface area contributed by atoms with Gasteiger partial charge in [-0.3, -0.25) is 4.90 Å². The third-order valence-electron chi connectivity index (χ3n) is 4.00. The maximum Gasteiger partial charge on any atom is 0.359 e. The molecule has 138 valence electrons. The van der Waals surface area contributed by atoms with Crippen LogP contribution in [0.4, 0.5) is 5.95 Å². The van der Waals surface area contributed by atoms with E-state index in [0.717, 1.165) is 41.1 Å². The molecule has 1 saturated heterocycles. The van der Waals surface area contributed by atoms with Crippen LogP contribution in [0.15, 0.2) is 49.0 Å². The van der Waals surface area contributed by atoms with Crippen LogP contribution in [0, 0.1) is 6.92 Å². The quantitative estimate of drug-likeness (QED) is 0.847. The molecule has 2 N–H and O–H groups in total. The molecule has 1 aliphatic heterocycles. The molecule has 1 aromatic carbocycles. The van der Waals surface area contributed by atoms with Crippen molar-refractivity contribution in [2.45, 2.75) is 13.5 Å². The van der Waals surface area contributed by atoms with Crippen LogP contribution in [0.5, 0.6) is 0 Å². The maximum atomic E-state index is 12.0. The first-order chi connectivity index (χ1) is 12.5. The van der Waals surface area contributed by atoms with Crippen molar-refractivity contribution in [3.8, 4) is 5.69 Å². The smallest absolute Gasteiger partial charge is 0.359 e. The molecule has 0 saturated carbocycles. The van der Waals surface area contributed by atoms with Crippen molar-refractivity contribution in [2.75, 3.05) is 32.0 Å². The number of hydrogen-bond acceptors (Lipinski definition) is 8. The van der Waals surface area contributed by atoms with Crippen LogP contribution < -0.4 is 17.0 Å². The van der Waals surface area contributed by atoms with Gasteiger partial charge < -0.3 is 19.5 Å². The highest BCUT2D eigenvalue weighted by molar-refractivity contribution is 5.49. The first kappa shape index (κ1) is 17.9. The summed E-state index contributed by atoms with van der Waals surface area (Å²) >= 11 is 0. The molecular formula is C17H20N4O5. The van der Waals surface area contributed by atoms with E-state index >= 15 is 0 Å². The van der Waals surface area contributed by atoms with Crippen molar-refractivity contribution in [1.82, 2.24) is 14.8 Å². The molecule has 0 aliphatic carbocycles. The van der Waals surface area contributed by atoms with Crippen molar-refractivity contribution in [2.24, 2.45) is 0 Å². The van der Waals surface area contributed by atoms with Gasteiger partial charge in [-0.25, -0.2) is 9.59 Å². The lowest BCUT2D eigenvalue weighted by atomic mass is 10.1. The number of nitrogens with zero attached hydrogens (tertiary/aromatic N) is 3. The second-order valence-corrected chi connectivity index (χ2v) is 5.87. The van der Waals surface area contributed by atoms with Gasteiger partial charge in [0, 0.05) is 31.8 Å². The lowest BCUT2D eigenvalue weighted by Crippen LogP contribution is -2.36. The number of hydrogen-bond donors (Lipinski definition) is 1. The zero-order valence-corrected chi connectivity index (χ0v) is 14.4. The number of anilines is 1. The second-order valence-electron chi connectivity index (χ2n) is 5.87. The molecule has 2 aromatic rings. The fraction of sp³-hybridized carbons (Fsp3) is 0.353. The van der Waals surface area contributed by atoms with Crippen LogP contribution in [0.1, 0.15) is 11.1 Å². The standard InChI is InChI=1S/C17H20N4O5/c1-12-3-2-4-13(11-20-7-9-24-10-8-20)16(12)21-17(18)19-25-14(22)5-6-15(23)26-21/h2-6H,7-11H2,1H3,(H2,18,19). The van der Waals surface area contributed by atoms with Crippen LogP contribution in [-0.2, 0) is 11.3 Å². The van der Waals surface area contributed by atoms with E-state index in [4.69, 9.17) is 15.0 Å². The molecular weight excluding hydrogens is 340 g/mol. The van der Waals surface area contributed by atoms with Gasteiger partial charge in [0.15, 0.2) is 0 Å². The maximum absolute atomic E-state index is 12.0. The summed E-state index contributed by atoms with van der Waals surface area (Å²) in [6, 6.07) is 7.60. The van der Waals surface area contributed by atoms with E-state index < -0.39 is 11.3 Å². The summed E-state index contributed by atoms with van der Waals surface area (Å²) in [5.41, 5.74) is 6.64. The van der Waals surface area contributed by atoms with Crippen LogP contribution >= 0.6 is 0 Å². The number of morpholine rings is 1. The molecule has 0 spiro atoms. The van der Waals surface area contributed by atoms with Crippen LogP contribution in [0.3, 0.4) is 0 Å². The summed E-state index contributed by atoms with van der Waals surface area (Å²) in [5, 5.41) is 3.55. The van der Waals surface area contributed by atoms with Gasteiger partial charge in [-0.1, -0.05) is 18.2 Å². The van der Waals surface area contributed by atoms with Crippen molar-refractivity contribution < 1.29 is 13.8 Å². The van der Waals surface area contributed by atoms with E-state index in [9.17, 15) is 9.59 Å². The molecule has 1 aromatic heterocycles. The van der Waals surface area contributed by atoms with Gasteiger partial charge in [0.1, 0.15) is 0 Å². The van der Waals surface area contributed by atoms with E-state index in [1.165, 1.54) is 0 Å². The number of nitrogen functional groups attached to an aromatic ring is 1. The number of ether oxygens (including phenoxy) is 1. The average Bonchev–Trinajstić information content (AvgIpc) is 2.69. The molecule has 26 heavy (non-hydrogen) atoms. The van der Waals surface area contributed by atoms with Gasteiger partial charge in [0.05, 0.1) is 18.9 Å². The Morgan fingerprint density at radius 3 is 2.62 bits per heavy atom. The lowest BCUT2D eigenvalue weighted by Gasteiger charge is -2.27. The Bertz CT molecular complexity index is 939. The van der Waals surface area contributed by atoms with E-state index in [1.807, 2.05) is 25.1 Å². The molecule has 0 amide bonds. The van der Waals surface area contributed by atoms with Crippen molar-refractivity contribution in [3.05, 3.63) is 62.3 Å². The van der Waals surface area contributed by atoms with Crippen LogP contribution in [-0.4, -0.2) is 41.1 Å². The summed E-state index contributed by atoms with van der Waals surface area (Å²) in [6.45, 7) is 5.44. The fourth-order valence-corrected chi connectivity index (χ4v) is 2.76. The van der Waals surface area contributed by atoms with E-state index in [1.54, 1.807) is 0 Å². The molecule has 0 unspecified atom stereocenters. The van der Waals surface area contributed by atoms with E-state index in [-0.39, 0.29) is 5.95 Å². The Labute approximate surface area is 148 Å². The molecule has 9 heteroatoms. The number of para-hydroxylation sites is 1. The summed E-state index contributed by atoms with van der Waals surface area (Å²) in [7, 11) is 0. The zero-order chi connectivity index (χ0) is 18.5. The number of aromatic nitrogens is 2. The minimum atomic E-state index is -0.815. The highest BCUT2D eigenvalue weighted by Crippen LogP contribution is 2.22. The summed E-state index contributed by atoms with van der Waals surface area (Å²) < 4.78 is 16.4. The summed E-state index contributed by atoms with van der Waals surface area (Å²) in [4.78, 5) is 25.6. The lowest BCUT2D eigenvalue weighted by molar-refractivity contribution is 0.0341. The topological polar surface area (TPSA) is 117 Å². The number of rotatable bonds is 3. The van der Waals surface area contributed by atoms with Gasteiger partial charge >= 0.3 is 11.3 Å². The fourth-order valence-electron chi connectivity index (χ4n) is 2.76. The monoisotopic (exact) mass is 360 g/mol. The molecule has 2 heterocycles. The van der Waals surface area contributed by atoms with Crippen molar-refractivity contribution in [3.63, 3.8) is 0 Å². The number of aryl methyl sites for hydroxylation is 1. The third-order valence-corrected chi connectivity index (χ3v) is 4.00. The Kier molecular flexibility index (Phi) is 5.49. The van der Waals surface area contributed by atoms with Crippen molar-refractivity contribution in [1.29, 1.82) is 0 Å². The van der Waals surface area contributed by atoms with Gasteiger partial charge in [-0.05, 0) is 23.2 Å². The minimum Gasteiger partial charge on any atom is -0.379 e. The molecule has 0 atom stereocenters. The highest BCUT2D eigenvalue weighted by atomic mass is 16.5. The predicted molar refractivity (Wildman–Crippen MR) is 93.5 cm³/mol. The largest absolute Gasteiger partial charge is 0.379 e. The molecule has 1 fully saturated rings. The van der Waals surface area contributed by atoms with Gasteiger partial charge in [0.25, 0.3) is 5.95 Å². The molecule has 3 rings (SSSR count). The minimum absolute atomic E-state index is 0.257. The Morgan fingerprint density at radius 2 is 1.85 bits per heavy atom. The molecule has 0 bridgehead atoms. The molecule has 0 radical (unpaired) electrons. The highest BCUT2D eigenvalue weighted by Gasteiger charge is 2.17.